The van der Waals surface area contributed by atoms with E-state index in [1.807, 2.05) is 30.3 Å². The number of nitrogens with one attached hydrogen (secondary N) is 3. The Hall–Kier alpha value is -2.91. The molecular weight excluding hydrogens is 530 g/mol. The van der Waals surface area contributed by atoms with Crippen LogP contribution in [0.25, 0.3) is 0 Å². The summed E-state index contributed by atoms with van der Waals surface area (Å²) in [5.74, 6) is -1.64. The van der Waals surface area contributed by atoms with Gasteiger partial charge in [-0.1, -0.05) is 30.3 Å². The number of hydrogen-bond donors (Lipinski definition) is 5. The van der Waals surface area contributed by atoms with Crippen LogP contribution in [-0.2, 0) is 30.3 Å². The molecule has 6 N–H and O–H groups in total. The van der Waals surface area contributed by atoms with Crippen LogP contribution in [0.1, 0.15) is 39.2 Å². The fourth-order valence-electron chi connectivity index (χ4n) is 3.05. The lowest BCUT2D eigenvalue weighted by Gasteiger charge is -2.29. The monoisotopic (exact) mass is 571 g/mol. The summed E-state index contributed by atoms with van der Waals surface area (Å²) in [6.45, 7) is 4.53. The Morgan fingerprint density at radius 1 is 1.03 bits per heavy atom. The van der Waals surface area contributed by atoms with Gasteiger partial charge >= 0.3 is 6.09 Å². The third-order valence-electron chi connectivity index (χ3n) is 5.21. The van der Waals surface area contributed by atoms with Crippen molar-refractivity contribution in [2.24, 2.45) is 5.73 Å². The summed E-state index contributed by atoms with van der Waals surface area (Å²) in [5.41, 5.74) is 5.96. The van der Waals surface area contributed by atoms with Crippen LogP contribution < -0.4 is 21.7 Å². The molecule has 0 radical (unpaired) electrons. The van der Waals surface area contributed by atoms with Gasteiger partial charge in [0.25, 0.3) is 11.1 Å². The molecule has 39 heavy (non-hydrogen) atoms. The molecule has 1 aromatic carbocycles. The van der Waals surface area contributed by atoms with Crippen LogP contribution in [-0.4, -0.2) is 90.5 Å². The second kappa shape index (κ2) is 16.9. The summed E-state index contributed by atoms with van der Waals surface area (Å²) in [6, 6.07) is 7.91. The highest BCUT2D eigenvalue weighted by Gasteiger charge is 2.31. The molecule has 1 aromatic rings. The predicted octanol–water partition coefficient (Wildman–Crippen LogP) is 1.10. The van der Waals surface area contributed by atoms with E-state index in [-0.39, 0.29) is 11.7 Å². The van der Waals surface area contributed by atoms with Crippen LogP contribution in [0.3, 0.4) is 0 Å². The molecule has 0 fully saturated rings. The third-order valence-corrected chi connectivity index (χ3v) is 6.20. The number of methoxy groups -OCH3 is 2. The van der Waals surface area contributed by atoms with Crippen molar-refractivity contribution in [3.8, 4) is 0 Å². The van der Waals surface area contributed by atoms with Gasteiger partial charge in [-0.2, -0.15) is 0 Å². The maximum atomic E-state index is 12.9. The van der Waals surface area contributed by atoms with Crippen LogP contribution in [0.4, 0.5) is 9.59 Å². The Balaban J connectivity index is 2.83. The highest BCUT2D eigenvalue weighted by Crippen LogP contribution is 2.18. The standard InChI is InChI=1S/C25H41N5O8S/c1-25(2,3)38-24(35)30(4)20(26)22(33)28-17(15-31)21(32)29-18(12-13-19(36-5)37-6)39-23(34)27-14-16-10-8-7-9-11-16/h7-11,17-20,31H,12-15,26H2,1-6H3,(H,27,34)(H,28,33)(H,29,32)/t17-,18?,20+/m0/s1. The first-order valence-electron chi connectivity index (χ1n) is 12.3. The van der Waals surface area contributed by atoms with E-state index in [2.05, 4.69) is 16.0 Å². The number of aliphatic hydroxyl groups excluding tert-OH is 1. The van der Waals surface area contributed by atoms with Gasteiger partial charge in [-0.3, -0.25) is 19.3 Å². The fraction of sp³-hybridized carbons (Fsp3) is 0.600. The van der Waals surface area contributed by atoms with E-state index in [9.17, 15) is 24.3 Å². The molecule has 0 spiro atoms. The Labute approximate surface area is 233 Å². The molecule has 14 heteroatoms. The van der Waals surface area contributed by atoms with Crippen molar-refractivity contribution in [2.75, 3.05) is 27.9 Å². The van der Waals surface area contributed by atoms with Crippen molar-refractivity contribution < 1.29 is 38.5 Å². The molecule has 0 saturated carbocycles. The minimum absolute atomic E-state index is 0.272. The molecule has 0 aliphatic carbocycles. The number of aliphatic hydroxyl groups is 1. The Morgan fingerprint density at radius 2 is 1.64 bits per heavy atom. The highest BCUT2D eigenvalue weighted by atomic mass is 32.2. The number of benzene rings is 1. The lowest BCUT2D eigenvalue weighted by molar-refractivity contribution is -0.132. The van der Waals surface area contributed by atoms with Crippen LogP contribution in [0.2, 0.25) is 0 Å². The summed E-state index contributed by atoms with van der Waals surface area (Å²) < 4.78 is 15.6. The van der Waals surface area contributed by atoms with Crippen molar-refractivity contribution in [2.45, 2.75) is 69.6 Å². The normalized spacial score (nSPS) is 13.7. The van der Waals surface area contributed by atoms with E-state index in [1.165, 1.54) is 21.3 Å². The Kier molecular flexibility index (Phi) is 14.8. The summed E-state index contributed by atoms with van der Waals surface area (Å²) in [6.07, 6.45) is -2.27. The minimum atomic E-state index is -1.49. The Bertz CT molecular complexity index is 927. The average Bonchev–Trinajstić information content (AvgIpc) is 2.89. The topological polar surface area (TPSA) is 182 Å². The van der Waals surface area contributed by atoms with Gasteiger partial charge in [-0.25, -0.2) is 4.79 Å². The largest absolute Gasteiger partial charge is 0.444 e. The van der Waals surface area contributed by atoms with E-state index in [0.717, 1.165) is 22.2 Å². The van der Waals surface area contributed by atoms with Crippen LogP contribution in [0.5, 0.6) is 0 Å². The van der Waals surface area contributed by atoms with Gasteiger partial charge in [0, 0.05) is 34.2 Å². The molecule has 0 bridgehead atoms. The summed E-state index contributed by atoms with van der Waals surface area (Å²) in [4.78, 5) is 51.2. The molecule has 0 aliphatic heterocycles. The molecule has 0 saturated heterocycles. The highest BCUT2D eigenvalue weighted by molar-refractivity contribution is 8.14. The Morgan fingerprint density at radius 3 is 2.18 bits per heavy atom. The van der Waals surface area contributed by atoms with Crippen LogP contribution in [0, 0.1) is 0 Å². The molecular formula is C25H41N5O8S. The zero-order chi connectivity index (χ0) is 29.6. The van der Waals surface area contributed by atoms with Gasteiger partial charge < -0.3 is 41.0 Å². The minimum Gasteiger partial charge on any atom is -0.444 e. The zero-order valence-electron chi connectivity index (χ0n) is 23.3. The molecule has 0 heterocycles. The number of amides is 4. The van der Waals surface area contributed by atoms with Crippen molar-refractivity contribution >= 4 is 34.9 Å². The number of hydrogen-bond acceptors (Lipinski definition) is 10. The van der Waals surface area contributed by atoms with Crippen LogP contribution >= 0.6 is 11.8 Å². The average molecular weight is 572 g/mol. The third kappa shape index (κ3) is 13.1. The maximum Gasteiger partial charge on any atom is 0.411 e. The van der Waals surface area contributed by atoms with Crippen molar-refractivity contribution in [3.05, 3.63) is 35.9 Å². The molecule has 13 nitrogen and oxygen atoms in total. The molecule has 220 valence electrons. The first-order chi connectivity index (χ1) is 18.3. The quantitative estimate of drug-likeness (QED) is 0.203. The lowest BCUT2D eigenvalue weighted by atomic mass is 10.2. The zero-order valence-corrected chi connectivity index (χ0v) is 24.1. The SMILES string of the molecule is COC(CCC(NC(=O)[C@H](CO)NC(=O)[C@H](N)N(C)C(=O)OC(C)(C)C)SC(=O)NCc1ccccc1)OC. The number of nitrogens with zero attached hydrogens (tertiary/aromatic N) is 1. The van der Waals surface area contributed by atoms with Crippen molar-refractivity contribution in [1.82, 2.24) is 20.9 Å². The predicted molar refractivity (Wildman–Crippen MR) is 146 cm³/mol. The van der Waals surface area contributed by atoms with Crippen molar-refractivity contribution in [1.29, 1.82) is 0 Å². The molecule has 0 aromatic heterocycles. The second-order valence-corrected chi connectivity index (χ2v) is 10.7. The van der Waals surface area contributed by atoms with Gasteiger partial charge in [0.1, 0.15) is 11.6 Å². The number of ether oxygens (including phenoxy) is 3. The van der Waals surface area contributed by atoms with Gasteiger partial charge in [0.15, 0.2) is 12.5 Å². The molecule has 3 atom stereocenters. The summed E-state index contributed by atoms with van der Waals surface area (Å²) in [5, 5.41) is 16.4. The van der Waals surface area contributed by atoms with E-state index in [4.69, 9.17) is 19.9 Å². The van der Waals surface area contributed by atoms with Crippen LogP contribution in [0.15, 0.2) is 30.3 Å². The molecule has 4 amide bonds. The summed E-state index contributed by atoms with van der Waals surface area (Å²) in [7, 11) is 4.21. The number of likely N-dealkylation sites (N-methyl/N-ethyl adjacent to an activating group) is 1. The fourth-order valence-corrected chi connectivity index (χ4v) is 3.90. The van der Waals surface area contributed by atoms with E-state index >= 15 is 0 Å². The molecule has 1 rings (SSSR count). The van der Waals surface area contributed by atoms with E-state index in [0.29, 0.717) is 13.0 Å². The second-order valence-electron chi connectivity index (χ2n) is 9.50. The number of carbonyl (C=O) groups is 4. The number of carbonyl (C=O) groups excluding carboxylic acids is 4. The molecule has 0 aliphatic rings. The number of nitrogens with two attached hydrogens (primary N) is 1. The number of thioether (sulfide) groups is 1. The van der Waals surface area contributed by atoms with Crippen molar-refractivity contribution in [3.63, 3.8) is 0 Å². The van der Waals surface area contributed by atoms with Gasteiger partial charge in [-0.15, -0.1) is 0 Å². The molecule has 1 unspecified atom stereocenters. The lowest BCUT2D eigenvalue weighted by Crippen LogP contribution is -2.59. The number of rotatable bonds is 14. The van der Waals surface area contributed by atoms with E-state index in [1.54, 1.807) is 20.8 Å². The summed E-state index contributed by atoms with van der Waals surface area (Å²) >= 11 is 0.841. The van der Waals surface area contributed by atoms with Gasteiger partial charge in [0.05, 0.1) is 12.0 Å². The van der Waals surface area contributed by atoms with Gasteiger partial charge in [-0.05, 0) is 44.5 Å². The maximum absolute atomic E-state index is 12.9. The first-order valence-corrected chi connectivity index (χ1v) is 13.2. The van der Waals surface area contributed by atoms with E-state index < -0.39 is 54.0 Å². The first kappa shape index (κ1) is 34.1. The smallest absolute Gasteiger partial charge is 0.411 e. The van der Waals surface area contributed by atoms with Gasteiger partial charge in [0.2, 0.25) is 5.91 Å².